The molecule has 3 heteroatoms. The average Bonchev–Trinajstić information content (AvgIpc) is 2.37. The van der Waals surface area contributed by atoms with Gasteiger partial charge in [-0.2, -0.15) is 0 Å². The lowest BCUT2D eigenvalue weighted by Gasteiger charge is -2.22. The van der Waals surface area contributed by atoms with E-state index in [1.165, 1.54) is 0 Å². The van der Waals surface area contributed by atoms with Gasteiger partial charge in [0.1, 0.15) is 0 Å². The number of hydrogen-bond donors (Lipinski definition) is 0. The molecule has 0 radical (unpaired) electrons. The van der Waals surface area contributed by atoms with Crippen molar-refractivity contribution >= 4 is 17.5 Å². The molecule has 100 valence electrons. The zero-order valence-corrected chi connectivity index (χ0v) is 12.3. The SMILES string of the molecule is CCCCN(CCCl)C(=O)c1cccc(C)c1C. The van der Waals surface area contributed by atoms with Crippen LogP contribution in [0.25, 0.3) is 0 Å². The molecule has 0 saturated carbocycles. The maximum absolute atomic E-state index is 12.5. The number of carbonyl (C=O) groups is 1. The zero-order chi connectivity index (χ0) is 13.5. The summed E-state index contributed by atoms with van der Waals surface area (Å²) >= 11 is 5.78. The van der Waals surface area contributed by atoms with Crippen molar-refractivity contribution in [2.75, 3.05) is 19.0 Å². The number of amides is 1. The first-order chi connectivity index (χ1) is 8.61. The molecule has 0 fully saturated rings. The smallest absolute Gasteiger partial charge is 0.254 e. The molecule has 0 spiro atoms. The van der Waals surface area contributed by atoms with E-state index in [2.05, 4.69) is 6.92 Å². The molecule has 0 aliphatic heterocycles. The predicted octanol–water partition coefficient (Wildman–Crippen LogP) is 3.78. The third-order valence-corrected chi connectivity index (χ3v) is 3.43. The highest BCUT2D eigenvalue weighted by molar-refractivity contribution is 6.18. The van der Waals surface area contributed by atoms with E-state index in [4.69, 9.17) is 11.6 Å². The molecule has 0 aliphatic rings. The Kier molecular flexibility index (Phi) is 6.20. The monoisotopic (exact) mass is 267 g/mol. The number of halogens is 1. The summed E-state index contributed by atoms with van der Waals surface area (Å²) in [5.74, 6) is 0.589. The summed E-state index contributed by atoms with van der Waals surface area (Å²) in [4.78, 5) is 14.3. The minimum Gasteiger partial charge on any atom is -0.337 e. The summed E-state index contributed by atoms with van der Waals surface area (Å²) in [5, 5.41) is 0. The van der Waals surface area contributed by atoms with Crippen molar-refractivity contribution in [2.24, 2.45) is 0 Å². The van der Waals surface area contributed by atoms with Gasteiger partial charge in [0.15, 0.2) is 0 Å². The zero-order valence-electron chi connectivity index (χ0n) is 11.5. The standard InChI is InChI=1S/C15H22ClNO/c1-4-5-10-17(11-9-16)15(18)14-8-6-7-12(2)13(14)3/h6-8H,4-5,9-11H2,1-3H3. The van der Waals surface area contributed by atoms with Gasteiger partial charge in [0, 0.05) is 24.5 Å². The fourth-order valence-corrected chi connectivity index (χ4v) is 2.12. The van der Waals surface area contributed by atoms with E-state index in [1.807, 2.05) is 36.9 Å². The van der Waals surface area contributed by atoms with E-state index in [9.17, 15) is 4.79 Å². The summed E-state index contributed by atoms with van der Waals surface area (Å²) in [6.07, 6.45) is 2.10. The second-order valence-electron chi connectivity index (χ2n) is 4.58. The van der Waals surface area contributed by atoms with Crippen LogP contribution in [0.3, 0.4) is 0 Å². The van der Waals surface area contributed by atoms with E-state index in [0.29, 0.717) is 12.4 Å². The minimum atomic E-state index is 0.102. The largest absolute Gasteiger partial charge is 0.337 e. The van der Waals surface area contributed by atoms with Gasteiger partial charge in [-0.25, -0.2) is 0 Å². The fourth-order valence-electron chi connectivity index (χ4n) is 1.92. The first kappa shape index (κ1) is 15.0. The van der Waals surface area contributed by atoms with Crippen LogP contribution in [-0.2, 0) is 0 Å². The highest BCUT2D eigenvalue weighted by Gasteiger charge is 2.17. The Labute approximate surface area is 115 Å². The number of nitrogens with zero attached hydrogens (tertiary/aromatic N) is 1. The van der Waals surface area contributed by atoms with E-state index < -0.39 is 0 Å². The maximum atomic E-state index is 12.5. The highest BCUT2D eigenvalue weighted by atomic mass is 35.5. The molecule has 1 aromatic carbocycles. The van der Waals surface area contributed by atoms with Crippen molar-refractivity contribution in [3.63, 3.8) is 0 Å². The summed E-state index contributed by atoms with van der Waals surface area (Å²) in [6.45, 7) is 7.57. The Morgan fingerprint density at radius 3 is 2.61 bits per heavy atom. The molecular weight excluding hydrogens is 246 g/mol. The van der Waals surface area contributed by atoms with E-state index in [0.717, 1.165) is 36.1 Å². The van der Waals surface area contributed by atoms with Crippen LogP contribution in [0.15, 0.2) is 18.2 Å². The number of rotatable bonds is 6. The first-order valence-corrected chi connectivity index (χ1v) is 7.06. The van der Waals surface area contributed by atoms with Gasteiger partial charge in [0.2, 0.25) is 0 Å². The number of alkyl halides is 1. The number of aryl methyl sites for hydroxylation is 1. The topological polar surface area (TPSA) is 20.3 Å². The molecule has 0 N–H and O–H groups in total. The molecule has 1 aromatic rings. The van der Waals surface area contributed by atoms with Crippen molar-refractivity contribution in [3.05, 3.63) is 34.9 Å². The van der Waals surface area contributed by atoms with Crippen LogP contribution >= 0.6 is 11.6 Å². The second-order valence-corrected chi connectivity index (χ2v) is 4.96. The molecule has 0 saturated heterocycles. The Hall–Kier alpha value is -1.02. The number of unbranched alkanes of at least 4 members (excludes halogenated alkanes) is 1. The highest BCUT2D eigenvalue weighted by Crippen LogP contribution is 2.15. The summed E-state index contributed by atoms with van der Waals surface area (Å²) in [5.41, 5.74) is 3.02. The van der Waals surface area contributed by atoms with Gasteiger partial charge in [-0.05, 0) is 37.5 Å². The lowest BCUT2D eigenvalue weighted by molar-refractivity contribution is 0.0762. The molecule has 1 rings (SSSR count). The molecule has 0 aliphatic carbocycles. The minimum absolute atomic E-state index is 0.102. The maximum Gasteiger partial charge on any atom is 0.254 e. The van der Waals surface area contributed by atoms with Gasteiger partial charge in [-0.1, -0.05) is 25.5 Å². The molecule has 0 bridgehead atoms. The van der Waals surface area contributed by atoms with Crippen molar-refractivity contribution in [1.29, 1.82) is 0 Å². The van der Waals surface area contributed by atoms with Gasteiger partial charge in [-0.15, -0.1) is 11.6 Å². The third-order valence-electron chi connectivity index (χ3n) is 3.26. The van der Waals surface area contributed by atoms with Crippen LogP contribution in [0.4, 0.5) is 0 Å². The Morgan fingerprint density at radius 1 is 1.28 bits per heavy atom. The average molecular weight is 268 g/mol. The van der Waals surface area contributed by atoms with Crippen LogP contribution in [-0.4, -0.2) is 29.8 Å². The fraction of sp³-hybridized carbons (Fsp3) is 0.533. The first-order valence-electron chi connectivity index (χ1n) is 6.53. The second kappa shape index (κ2) is 7.42. The van der Waals surface area contributed by atoms with Crippen LogP contribution in [0.5, 0.6) is 0 Å². The lowest BCUT2D eigenvalue weighted by Crippen LogP contribution is -2.34. The van der Waals surface area contributed by atoms with Crippen LogP contribution < -0.4 is 0 Å². The van der Waals surface area contributed by atoms with Crippen LogP contribution in [0.1, 0.15) is 41.3 Å². The van der Waals surface area contributed by atoms with E-state index in [1.54, 1.807) is 0 Å². The quantitative estimate of drug-likeness (QED) is 0.718. The van der Waals surface area contributed by atoms with Crippen molar-refractivity contribution in [3.8, 4) is 0 Å². The number of benzene rings is 1. The van der Waals surface area contributed by atoms with Crippen LogP contribution in [0.2, 0.25) is 0 Å². The summed E-state index contributed by atoms with van der Waals surface area (Å²) in [7, 11) is 0. The molecular formula is C15H22ClNO. The van der Waals surface area contributed by atoms with Crippen molar-refractivity contribution < 1.29 is 4.79 Å². The summed E-state index contributed by atoms with van der Waals surface area (Å²) < 4.78 is 0. The molecule has 1 amide bonds. The molecule has 0 atom stereocenters. The summed E-state index contributed by atoms with van der Waals surface area (Å²) in [6, 6.07) is 5.87. The number of hydrogen-bond acceptors (Lipinski definition) is 1. The molecule has 0 unspecified atom stereocenters. The van der Waals surface area contributed by atoms with Crippen molar-refractivity contribution in [2.45, 2.75) is 33.6 Å². The normalized spacial score (nSPS) is 10.4. The Bertz CT molecular complexity index is 403. The predicted molar refractivity (Wildman–Crippen MR) is 77.4 cm³/mol. The van der Waals surface area contributed by atoms with E-state index in [-0.39, 0.29) is 5.91 Å². The van der Waals surface area contributed by atoms with Gasteiger partial charge in [0.05, 0.1) is 0 Å². The van der Waals surface area contributed by atoms with Crippen LogP contribution in [0, 0.1) is 13.8 Å². The number of carbonyl (C=O) groups excluding carboxylic acids is 1. The van der Waals surface area contributed by atoms with Gasteiger partial charge < -0.3 is 4.90 Å². The third kappa shape index (κ3) is 3.74. The van der Waals surface area contributed by atoms with Gasteiger partial charge in [0.25, 0.3) is 5.91 Å². The molecule has 18 heavy (non-hydrogen) atoms. The Balaban J connectivity index is 2.90. The van der Waals surface area contributed by atoms with E-state index >= 15 is 0 Å². The Morgan fingerprint density at radius 2 is 2.00 bits per heavy atom. The van der Waals surface area contributed by atoms with Crippen molar-refractivity contribution in [1.82, 2.24) is 4.90 Å². The molecule has 2 nitrogen and oxygen atoms in total. The molecule has 0 aromatic heterocycles. The van der Waals surface area contributed by atoms with Gasteiger partial charge in [-0.3, -0.25) is 4.79 Å². The van der Waals surface area contributed by atoms with Gasteiger partial charge >= 0.3 is 0 Å². The molecule has 0 heterocycles. The lowest BCUT2D eigenvalue weighted by atomic mass is 10.0.